The first kappa shape index (κ1) is 29.9. The fraction of sp³-hybridized carbons (Fsp3) is 0.759. The van der Waals surface area contributed by atoms with Gasteiger partial charge in [0.15, 0.2) is 12.2 Å². The van der Waals surface area contributed by atoms with Gasteiger partial charge in [0.1, 0.15) is 18.0 Å². The van der Waals surface area contributed by atoms with E-state index in [4.69, 9.17) is 9.47 Å². The Morgan fingerprint density at radius 3 is 2.59 bits per heavy atom. The summed E-state index contributed by atoms with van der Waals surface area (Å²) >= 11 is 1.51. The van der Waals surface area contributed by atoms with E-state index in [-0.39, 0.29) is 18.1 Å². The van der Waals surface area contributed by atoms with Crippen LogP contribution < -0.4 is 0 Å². The molecule has 0 saturated carbocycles. The molecule has 0 radical (unpaired) electrons. The molecule has 8 heteroatoms. The molecule has 0 amide bonds. The van der Waals surface area contributed by atoms with Crippen molar-refractivity contribution >= 4 is 29.2 Å². The van der Waals surface area contributed by atoms with Crippen molar-refractivity contribution in [2.24, 2.45) is 17.3 Å². The van der Waals surface area contributed by atoms with Crippen LogP contribution in [-0.2, 0) is 19.1 Å². The summed E-state index contributed by atoms with van der Waals surface area (Å²) in [4.78, 5) is 31.1. The average Bonchev–Trinajstić information content (AvgIpc) is 3.32. The van der Waals surface area contributed by atoms with Crippen LogP contribution in [0.5, 0.6) is 0 Å². The molecule has 2 fully saturated rings. The van der Waals surface area contributed by atoms with Crippen LogP contribution >= 0.6 is 11.3 Å². The van der Waals surface area contributed by atoms with Crippen LogP contribution in [0.25, 0.3) is 6.08 Å². The Morgan fingerprint density at radius 2 is 1.97 bits per heavy atom. The van der Waals surface area contributed by atoms with E-state index in [0.29, 0.717) is 11.5 Å². The molecule has 1 aromatic rings. The molecule has 2 aliphatic rings. The predicted molar refractivity (Wildman–Crippen MR) is 145 cm³/mol. The summed E-state index contributed by atoms with van der Waals surface area (Å²) in [5, 5.41) is 25.0. The van der Waals surface area contributed by atoms with E-state index in [1.807, 2.05) is 19.2 Å². The first-order chi connectivity index (χ1) is 17.3. The minimum absolute atomic E-state index is 0.0340. The fourth-order valence-electron chi connectivity index (χ4n) is 5.77. The van der Waals surface area contributed by atoms with Crippen LogP contribution in [-0.4, -0.2) is 57.0 Å². The van der Waals surface area contributed by atoms with E-state index in [0.717, 1.165) is 49.2 Å². The van der Waals surface area contributed by atoms with Crippen molar-refractivity contribution < 1.29 is 29.3 Å². The maximum absolute atomic E-state index is 13.5. The highest BCUT2D eigenvalue weighted by atomic mass is 32.1. The highest BCUT2D eigenvalue weighted by molar-refractivity contribution is 7.09. The third-order valence-electron chi connectivity index (χ3n) is 7.97. The fourth-order valence-corrected chi connectivity index (χ4v) is 6.34. The zero-order valence-electron chi connectivity index (χ0n) is 23.5. The zero-order valence-corrected chi connectivity index (χ0v) is 24.3. The first-order valence-electron chi connectivity index (χ1n) is 13.7. The number of aliphatic hydroxyl groups is 2. The molecule has 208 valence electrons. The quantitative estimate of drug-likeness (QED) is 0.400. The second-order valence-electron chi connectivity index (χ2n) is 12.1. The second kappa shape index (κ2) is 12.1. The van der Waals surface area contributed by atoms with Gasteiger partial charge < -0.3 is 19.7 Å². The predicted octanol–water partition coefficient (Wildman–Crippen LogP) is 5.26. The van der Waals surface area contributed by atoms with E-state index in [9.17, 15) is 19.8 Å². The summed E-state index contributed by atoms with van der Waals surface area (Å²) in [5.41, 5.74) is -0.0514. The third kappa shape index (κ3) is 7.49. The molecule has 7 unspecified atom stereocenters. The maximum atomic E-state index is 13.5. The SMILES string of the molecule is CCCC1CC(C)CCCC2(C)OC2C(O)C(C(C)=Cc2csc(C)n2)OC(=O)C(O)CC(C)(C)C1=O. The number of esters is 1. The topological polar surface area (TPSA) is 109 Å². The number of aliphatic hydroxyl groups excluding tert-OH is 2. The lowest BCUT2D eigenvalue weighted by molar-refractivity contribution is -0.165. The number of cyclic esters (lactones) is 1. The molecule has 0 bridgehead atoms. The molecule has 3 rings (SSSR count). The number of aromatic nitrogens is 1. The molecule has 0 aliphatic carbocycles. The van der Waals surface area contributed by atoms with Crippen LogP contribution in [0.15, 0.2) is 11.0 Å². The number of hydrogen-bond donors (Lipinski definition) is 2. The van der Waals surface area contributed by atoms with Crippen LogP contribution in [0, 0.1) is 24.2 Å². The van der Waals surface area contributed by atoms with E-state index < -0.39 is 41.4 Å². The number of carbonyl (C=O) groups is 2. The van der Waals surface area contributed by atoms with Gasteiger partial charge in [-0.25, -0.2) is 9.78 Å². The molecule has 2 N–H and O–H groups in total. The Morgan fingerprint density at radius 1 is 1.27 bits per heavy atom. The Balaban J connectivity index is 1.90. The van der Waals surface area contributed by atoms with Crippen molar-refractivity contribution in [3.8, 4) is 0 Å². The number of nitrogens with zero attached hydrogens (tertiary/aromatic N) is 1. The number of aryl methyl sites for hydroxylation is 1. The number of fused-ring (bicyclic) bond motifs is 1. The minimum atomic E-state index is -1.48. The summed E-state index contributed by atoms with van der Waals surface area (Å²) in [5.74, 6) is -0.497. The Hall–Kier alpha value is -1.61. The molecule has 1 aromatic heterocycles. The van der Waals surface area contributed by atoms with Crippen LogP contribution in [0.3, 0.4) is 0 Å². The van der Waals surface area contributed by atoms with Crippen molar-refractivity contribution in [2.45, 2.75) is 123 Å². The lowest BCUT2D eigenvalue weighted by Crippen LogP contribution is -2.43. The van der Waals surface area contributed by atoms with E-state index in [1.54, 1.807) is 26.8 Å². The van der Waals surface area contributed by atoms with Gasteiger partial charge in [-0.05, 0) is 64.0 Å². The zero-order chi connectivity index (χ0) is 27.5. The van der Waals surface area contributed by atoms with Crippen molar-refractivity contribution in [1.82, 2.24) is 4.98 Å². The summed E-state index contributed by atoms with van der Waals surface area (Å²) in [6.07, 6.45) is 2.86. The monoisotopic (exact) mass is 535 g/mol. The standard InChI is InChI=1S/C29H45NO6S/c1-8-10-20-13-17(2)11-9-12-29(7)26(36-29)23(32)24(18(3)14-21-16-37-19(4)30-21)35-27(34)22(31)15-28(5,6)25(20)33/h14,16-17,20,22-24,26,31-32H,8-13,15H2,1-7H3. The van der Waals surface area contributed by atoms with Gasteiger partial charge in [0.05, 0.1) is 16.3 Å². The largest absolute Gasteiger partial charge is 0.453 e. The number of epoxide rings is 1. The molecule has 0 spiro atoms. The third-order valence-corrected chi connectivity index (χ3v) is 8.76. The summed E-state index contributed by atoms with van der Waals surface area (Å²) in [6.45, 7) is 13.5. The summed E-state index contributed by atoms with van der Waals surface area (Å²) < 4.78 is 11.7. The molecule has 2 saturated heterocycles. The van der Waals surface area contributed by atoms with Gasteiger partial charge in [-0.2, -0.15) is 0 Å². The molecule has 0 aromatic carbocycles. The highest BCUT2D eigenvalue weighted by Gasteiger charge is 2.58. The van der Waals surface area contributed by atoms with Gasteiger partial charge in [0.25, 0.3) is 0 Å². The smallest absolute Gasteiger partial charge is 0.335 e. The molecule has 7 atom stereocenters. The highest BCUT2D eigenvalue weighted by Crippen LogP contribution is 2.45. The van der Waals surface area contributed by atoms with E-state index in [2.05, 4.69) is 18.8 Å². The molecule has 3 heterocycles. The summed E-state index contributed by atoms with van der Waals surface area (Å²) in [6, 6.07) is 0. The van der Waals surface area contributed by atoms with Crippen LogP contribution in [0.2, 0.25) is 0 Å². The van der Waals surface area contributed by atoms with Gasteiger partial charge in [-0.3, -0.25) is 4.79 Å². The van der Waals surface area contributed by atoms with Gasteiger partial charge in [-0.1, -0.05) is 47.0 Å². The molecular weight excluding hydrogens is 490 g/mol. The van der Waals surface area contributed by atoms with Crippen LogP contribution in [0.1, 0.15) is 97.2 Å². The van der Waals surface area contributed by atoms with Crippen molar-refractivity contribution in [2.75, 3.05) is 0 Å². The number of Topliss-reactive ketones (excluding diaryl/α,β-unsaturated/α-hetero) is 1. The normalized spacial score (nSPS) is 36.1. The number of ketones is 1. The number of hydrogen-bond acceptors (Lipinski definition) is 8. The molecule has 2 aliphatic heterocycles. The number of ether oxygens (including phenoxy) is 2. The van der Waals surface area contributed by atoms with E-state index in [1.165, 1.54) is 11.3 Å². The first-order valence-corrected chi connectivity index (χ1v) is 14.5. The lowest BCUT2D eigenvalue weighted by Gasteiger charge is -2.32. The average molecular weight is 536 g/mol. The van der Waals surface area contributed by atoms with Gasteiger partial charge >= 0.3 is 5.97 Å². The van der Waals surface area contributed by atoms with Crippen molar-refractivity contribution in [3.63, 3.8) is 0 Å². The van der Waals surface area contributed by atoms with Crippen LogP contribution in [0.4, 0.5) is 0 Å². The Bertz CT molecular complexity index is 987. The van der Waals surface area contributed by atoms with Crippen molar-refractivity contribution in [3.05, 3.63) is 21.7 Å². The molecule has 7 nitrogen and oxygen atoms in total. The number of carbonyl (C=O) groups excluding carboxylic acids is 2. The van der Waals surface area contributed by atoms with E-state index >= 15 is 0 Å². The minimum Gasteiger partial charge on any atom is -0.453 e. The molecule has 37 heavy (non-hydrogen) atoms. The maximum Gasteiger partial charge on any atom is 0.335 e. The second-order valence-corrected chi connectivity index (χ2v) is 13.1. The Labute approximate surface area is 225 Å². The van der Waals surface area contributed by atoms with Crippen molar-refractivity contribution in [1.29, 1.82) is 0 Å². The Kier molecular flexibility index (Phi) is 9.76. The van der Waals surface area contributed by atoms with Gasteiger partial charge in [0, 0.05) is 16.7 Å². The lowest BCUT2D eigenvalue weighted by atomic mass is 9.73. The summed E-state index contributed by atoms with van der Waals surface area (Å²) in [7, 11) is 0. The van der Waals surface area contributed by atoms with Gasteiger partial charge in [0.2, 0.25) is 0 Å². The van der Waals surface area contributed by atoms with Gasteiger partial charge in [-0.15, -0.1) is 11.3 Å². The molecular formula is C29H45NO6S. The number of rotatable bonds is 4. The number of thiazole rings is 1.